The molecule has 1 unspecified atom stereocenters. The van der Waals surface area contributed by atoms with Gasteiger partial charge in [-0.15, -0.1) is 6.54 Å². The first-order valence-corrected chi connectivity index (χ1v) is 7.43. The summed E-state index contributed by atoms with van der Waals surface area (Å²) >= 11 is 0. The summed E-state index contributed by atoms with van der Waals surface area (Å²) in [6.07, 6.45) is -0.182. The van der Waals surface area contributed by atoms with E-state index in [4.69, 9.17) is 21.1 Å². The fourth-order valence-electron chi connectivity index (χ4n) is 1.98. The number of benzene rings is 2. The Morgan fingerprint density at radius 3 is 1.92 bits per heavy atom. The molecule has 1 atom stereocenters. The summed E-state index contributed by atoms with van der Waals surface area (Å²) in [5.41, 5.74) is 9.44. The van der Waals surface area contributed by atoms with Crippen LogP contribution in [0.3, 0.4) is 0 Å². The summed E-state index contributed by atoms with van der Waals surface area (Å²) in [7, 11) is 0. The molecule has 0 aliphatic heterocycles. The molecular weight excluding hydrogens is 494 g/mol. The van der Waals surface area contributed by atoms with Gasteiger partial charge in [0.25, 0.3) is 0 Å². The van der Waals surface area contributed by atoms with Crippen LogP contribution in [0.25, 0.3) is 5.73 Å². The van der Waals surface area contributed by atoms with Crippen LogP contribution in [0.1, 0.15) is 28.4 Å². The van der Waals surface area contributed by atoms with Crippen LogP contribution >= 0.6 is 0 Å². The standard InChI is InChI=1S/C9H12NO3.C9H11O2.W/c10-4-9(13)6-1-2-8(12)7(3-6)5-11;1-2-7-3-4-9(11)8(5-7)6-10;/h1-3,9-13H,4-5H2;3-5,10-11H,1-2,6H2;/q2*-1;+2. The predicted molar refractivity (Wildman–Crippen MR) is 91.3 cm³/mol. The molecule has 2 rings (SSSR count). The average molecular weight is 517 g/mol. The van der Waals surface area contributed by atoms with Gasteiger partial charge in [-0.1, -0.05) is 23.8 Å². The zero-order chi connectivity index (χ0) is 18.1. The number of aromatic hydroxyl groups is 2. The first-order valence-electron chi connectivity index (χ1n) is 7.43. The Hall–Kier alpha value is -1.43. The first-order chi connectivity index (χ1) is 11.5. The molecule has 136 valence electrons. The topological polar surface area (TPSA) is 125 Å². The van der Waals surface area contributed by atoms with E-state index >= 15 is 0 Å². The maximum absolute atomic E-state index is 9.29. The normalized spacial score (nSPS) is 11.1. The monoisotopic (exact) mass is 517 g/mol. The van der Waals surface area contributed by atoms with Crippen molar-refractivity contribution < 1.29 is 46.6 Å². The minimum Gasteiger partial charge on any atom is -0.675 e. The van der Waals surface area contributed by atoms with Gasteiger partial charge in [-0.3, -0.25) is 0 Å². The van der Waals surface area contributed by atoms with Gasteiger partial charge in [-0.25, -0.2) is 0 Å². The number of aliphatic hydroxyl groups is 3. The van der Waals surface area contributed by atoms with E-state index in [2.05, 4.69) is 6.92 Å². The zero-order valence-corrected chi connectivity index (χ0v) is 16.7. The Morgan fingerprint density at radius 2 is 1.44 bits per heavy atom. The molecule has 0 bridgehead atoms. The summed E-state index contributed by atoms with van der Waals surface area (Å²) in [6, 6.07) is 9.55. The predicted octanol–water partition coefficient (Wildman–Crippen LogP) is 2.23. The molecule has 0 fully saturated rings. The first kappa shape index (κ1) is 23.6. The van der Waals surface area contributed by atoms with Crippen LogP contribution in [0.4, 0.5) is 0 Å². The fourth-order valence-corrected chi connectivity index (χ4v) is 1.98. The molecule has 0 radical (unpaired) electrons. The van der Waals surface area contributed by atoms with Gasteiger partial charge < -0.3 is 38.2 Å². The Morgan fingerprint density at radius 1 is 0.920 bits per heavy atom. The molecule has 25 heavy (non-hydrogen) atoms. The van der Waals surface area contributed by atoms with Crippen LogP contribution in [0, 0.1) is 6.92 Å². The van der Waals surface area contributed by atoms with E-state index in [1.165, 1.54) is 18.2 Å². The number of phenols is 2. The smallest absolute Gasteiger partial charge is 0.675 e. The van der Waals surface area contributed by atoms with Gasteiger partial charge in [0, 0.05) is 11.1 Å². The van der Waals surface area contributed by atoms with Crippen molar-refractivity contribution >= 4 is 0 Å². The maximum atomic E-state index is 9.29. The van der Waals surface area contributed by atoms with Crippen molar-refractivity contribution in [2.24, 2.45) is 0 Å². The number of rotatable bonds is 5. The van der Waals surface area contributed by atoms with Crippen LogP contribution in [0.5, 0.6) is 11.5 Å². The van der Waals surface area contributed by atoms with E-state index in [9.17, 15) is 10.2 Å². The van der Waals surface area contributed by atoms with Crippen molar-refractivity contribution in [1.29, 1.82) is 0 Å². The van der Waals surface area contributed by atoms with Crippen molar-refractivity contribution in [3.05, 3.63) is 71.3 Å². The van der Waals surface area contributed by atoms with Gasteiger partial charge in [-0.05, 0) is 23.8 Å². The van der Waals surface area contributed by atoms with Crippen molar-refractivity contribution in [1.82, 2.24) is 0 Å². The second kappa shape index (κ2) is 12.0. The maximum Gasteiger partial charge on any atom is 2.00 e. The molecule has 0 aliphatic rings. The molecule has 2 aromatic rings. The summed E-state index contributed by atoms with van der Waals surface area (Å²) in [5, 5.41) is 45.2. The number of nitrogens with one attached hydrogen (secondary N) is 1. The van der Waals surface area contributed by atoms with Crippen LogP contribution in [0.15, 0.2) is 36.4 Å². The molecular formula is C18H23NO5W. The molecule has 0 spiro atoms. The Bertz CT molecular complexity index is 651. The largest absolute Gasteiger partial charge is 2.00 e. The van der Waals surface area contributed by atoms with Crippen LogP contribution < -0.4 is 0 Å². The Balaban J connectivity index is 0.000000449. The number of aliphatic hydroxyl groups excluding tert-OH is 3. The number of hydrogen-bond acceptors (Lipinski definition) is 5. The molecule has 0 heterocycles. The van der Waals surface area contributed by atoms with Crippen LogP contribution in [-0.2, 0) is 40.7 Å². The molecule has 0 saturated carbocycles. The third kappa shape index (κ3) is 7.14. The molecule has 2 aromatic carbocycles. The Kier molecular flexibility index (Phi) is 11.3. The molecule has 0 amide bonds. The molecule has 0 aromatic heterocycles. The van der Waals surface area contributed by atoms with Gasteiger partial charge in [-0.2, -0.15) is 6.42 Å². The van der Waals surface area contributed by atoms with E-state index in [1.54, 1.807) is 18.2 Å². The summed E-state index contributed by atoms with van der Waals surface area (Å²) in [5.74, 6) is 0.146. The van der Waals surface area contributed by atoms with Crippen LogP contribution in [-0.4, -0.2) is 32.1 Å². The van der Waals surface area contributed by atoms with E-state index in [0.29, 0.717) is 23.1 Å². The van der Waals surface area contributed by atoms with E-state index in [0.717, 1.165) is 5.56 Å². The van der Waals surface area contributed by atoms with Crippen molar-refractivity contribution in [3.63, 3.8) is 0 Å². The molecule has 6 N–H and O–H groups in total. The van der Waals surface area contributed by atoms with Gasteiger partial charge in [0.1, 0.15) is 11.5 Å². The molecule has 6 nitrogen and oxygen atoms in total. The zero-order valence-electron chi connectivity index (χ0n) is 13.7. The number of hydrogen-bond donors (Lipinski definition) is 5. The SMILES string of the molecule is [CH2-]Cc1ccc(O)c(CO)c1.[NH-]CC(O)c1ccc(O)c(CO)c1.[W+2]. The molecule has 0 aliphatic carbocycles. The third-order valence-corrected chi connectivity index (χ3v) is 3.45. The average Bonchev–Trinajstić information content (AvgIpc) is 2.62. The van der Waals surface area contributed by atoms with Crippen LogP contribution in [0.2, 0.25) is 0 Å². The van der Waals surface area contributed by atoms with E-state index in [-0.39, 0.29) is 52.3 Å². The van der Waals surface area contributed by atoms with Gasteiger partial charge in [0.15, 0.2) is 0 Å². The van der Waals surface area contributed by atoms with E-state index < -0.39 is 6.10 Å². The third-order valence-electron chi connectivity index (χ3n) is 3.45. The van der Waals surface area contributed by atoms with E-state index in [1.807, 2.05) is 0 Å². The molecule has 0 saturated heterocycles. The second-order valence-corrected chi connectivity index (χ2v) is 5.14. The van der Waals surface area contributed by atoms with Crippen molar-refractivity contribution in [3.8, 4) is 11.5 Å². The summed E-state index contributed by atoms with van der Waals surface area (Å²) in [6.45, 7) is 3.17. The Labute approximate surface area is 161 Å². The molecule has 7 heteroatoms. The minimum atomic E-state index is -0.856. The second-order valence-electron chi connectivity index (χ2n) is 5.14. The van der Waals surface area contributed by atoms with Gasteiger partial charge in [0.05, 0.1) is 19.3 Å². The van der Waals surface area contributed by atoms with Crippen molar-refractivity contribution in [2.45, 2.75) is 25.7 Å². The van der Waals surface area contributed by atoms with Gasteiger partial charge in [0.2, 0.25) is 0 Å². The van der Waals surface area contributed by atoms with Gasteiger partial charge >= 0.3 is 21.1 Å². The summed E-state index contributed by atoms with van der Waals surface area (Å²) < 4.78 is 0. The minimum absolute atomic E-state index is 0. The summed E-state index contributed by atoms with van der Waals surface area (Å²) in [4.78, 5) is 0. The van der Waals surface area contributed by atoms with Crippen molar-refractivity contribution in [2.75, 3.05) is 6.54 Å². The quantitative estimate of drug-likeness (QED) is 0.390. The fraction of sp³-hybridized carbons (Fsp3) is 0.278.